The van der Waals surface area contributed by atoms with Crippen LogP contribution in [0.4, 0.5) is 0 Å². The molecule has 4 aliphatic rings. The Hall–Kier alpha value is -1.61. The van der Waals surface area contributed by atoms with Gasteiger partial charge in [0.1, 0.15) is 18.6 Å². The average Bonchev–Trinajstić information content (AvgIpc) is 2.94. The number of carbonyl (C=O) groups excluding carboxylic acids is 1. The number of esters is 1. The molecule has 6 atom stereocenters. The molecule has 2 fully saturated rings. The molecule has 0 spiro atoms. The summed E-state index contributed by atoms with van der Waals surface area (Å²) < 4.78 is 5.94. The first-order valence-electron chi connectivity index (χ1n) is 10.9. The highest BCUT2D eigenvalue weighted by Crippen LogP contribution is 2.53. The van der Waals surface area contributed by atoms with E-state index in [2.05, 4.69) is 44.2 Å². The number of ether oxygens (including phenoxy) is 1. The van der Waals surface area contributed by atoms with Crippen LogP contribution in [0.5, 0.6) is 0 Å². The van der Waals surface area contributed by atoms with Crippen molar-refractivity contribution in [1.82, 2.24) is 0 Å². The molecule has 1 saturated carbocycles. The molecule has 5 rings (SSSR count). The number of rotatable bonds is 2. The van der Waals surface area contributed by atoms with Gasteiger partial charge >= 0.3 is 5.97 Å². The number of nitrogens with one attached hydrogen (secondary N) is 1. The predicted octanol–water partition coefficient (Wildman–Crippen LogP) is 2.94. The van der Waals surface area contributed by atoms with E-state index in [-0.39, 0.29) is 23.4 Å². The smallest absolute Gasteiger partial charge is 0.315 e. The zero-order valence-electron chi connectivity index (χ0n) is 16.7. The van der Waals surface area contributed by atoms with Gasteiger partial charge in [-0.05, 0) is 36.2 Å². The Morgan fingerprint density at radius 2 is 2.07 bits per heavy atom. The molecule has 0 bridgehead atoms. The van der Waals surface area contributed by atoms with Gasteiger partial charge in [-0.2, -0.15) is 0 Å². The lowest BCUT2D eigenvalue weighted by atomic mass is 9.59. The second kappa shape index (κ2) is 6.48. The summed E-state index contributed by atoms with van der Waals surface area (Å²) in [5, 5.41) is 0. The van der Waals surface area contributed by atoms with Crippen molar-refractivity contribution in [1.29, 1.82) is 0 Å². The molecule has 1 aromatic carbocycles. The summed E-state index contributed by atoms with van der Waals surface area (Å²) in [6.07, 6.45) is 8.62. The lowest BCUT2D eigenvalue weighted by Gasteiger charge is -2.46. The molecule has 144 valence electrons. The van der Waals surface area contributed by atoms with Gasteiger partial charge in [0.15, 0.2) is 0 Å². The standard InChI is InChI=1S/C24H31NO2/c1-16-6-5-10-24(2)13-22-19(12-21(16)24)20(23(26)27-22)15-25-11-9-17-7-3-4-8-18(17)14-25/h3-4,7-8,12,16,19-20,22H,5-6,9-11,13-15H2,1-2H3/p+1/t16-,19-,20+,22-,24-/m1/s1. The van der Waals surface area contributed by atoms with Crippen molar-refractivity contribution in [3.63, 3.8) is 0 Å². The third-order valence-electron chi connectivity index (χ3n) is 7.90. The second-order valence-electron chi connectivity index (χ2n) is 9.74. The van der Waals surface area contributed by atoms with Gasteiger partial charge in [0.25, 0.3) is 0 Å². The molecule has 2 aliphatic carbocycles. The first-order valence-corrected chi connectivity index (χ1v) is 10.9. The highest BCUT2D eigenvalue weighted by Gasteiger charge is 2.52. The molecule has 3 nitrogen and oxygen atoms in total. The summed E-state index contributed by atoms with van der Waals surface area (Å²) in [6, 6.07) is 8.78. The lowest BCUT2D eigenvalue weighted by molar-refractivity contribution is -0.918. The lowest BCUT2D eigenvalue weighted by Crippen LogP contribution is -3.12. The molecule has 0 amide bonds. The fraction of sp³-hybridized carbons (Fsp3) is 0.625. The second-order valence-corrected chi connectivity index (χ2v) is 9.74. The Morgan fingerprint density at radius 1 is 1.26 bits per heavy atom. The van der Waals surface area contributed by atoms with Gasteiger partial charge < -0.3 is 9.64 Å². The minimum atomic E-state index is 0.0430. The molecule has 1 aromatic rings. The SMILES string of the molecule is C[C@@H]1CCC[C@]2(C)C[C@H]3OC(=O)[C@@H](C[NH+]4CCc5ccccc5C4)[C@H]3C=C12. The van der Waals surface area contributed by atoms with Gasteiger partial charge in [0.05, 0.1) is 13.1 Å². The maximum absolute atomic E-state index is 12.8. The minimum absolute atomic E-state index is 0.0430. The fourth-order valence-electron chi connectivity index (χ4n) is 6.41. The maximum Gasteiger partial charge on any atom is 0.315 e. The van der Waals surface area contributed by atoms with Gasteiger partial charge in [-0.15, -0.1) is 0 Å². The fourth-order valence-corrected chi connectivity index (χ4v) is 6.41. The number of benzene rings is 1. The molecule has 0 aromatic heterocycles. The summed E-state index contributed by atoms with van der Waals surface area (Å²) in [4.78, 5) is 14.3. The van der Waals surface area contributed by atoms with E-state index in [0.29, 0.717) is 11.8 Å². The van der Waals surface area contributed by atoms with Crippen molar-refractivity contribution in [3.05, 3.63) is 47.0 Å². The van der Waals surface area contributed by atoms with Crippen LogP contribution in [-0.2, 0) is 22.5 Å². The van der Waals surface area contributed by atoms with E-state index in [9.17, 15) is 4.79 Å². The number of hydrogen-bond acceptors (Lipinski definition) is 2. The number of quaternary nitrogens is 1. The summed E-state index contributed by atoms with van der Waals surface area (Å²) in [5.74, 6) is 1.06. The molecule has 0 radical (unpaired) electrons. The average molecular weight is 367 g/mol. The van der Waals surface area contributed by atoms with E-state index >= 15 is 0 Å². The normalized spacial score (nSPS) is 40.4. The summed E-state index contributed by atoms with van der Waals surface area (Å²) in [6.45, 7) is 7.87. The molecular formula is C24H32NO2+. The van der Waals surface area contributed by atoms with E-state index < -0.39 is 0 Å². The number of allylic oxidation sites excluding steroid dienone is 1. The maximum atomic E-state index is 12.8. The van der Waals surface area contributed by atoms with Crippen LogP contribution in [0.25, 0.3) is 0 Å². The van der Waals surface area contributed by atoms with Gasteiger partial charge in [-0.1, -0.05) is 56.2 Å². The Balaban J connectivity index is 1.37. The highest BCUT2D eigenvalue weighted by molar-refractivity contribution is 5.76. The van der Waals surface area contributed by atoms with Gasteiger partial charge in [-0.25, -0.2) is 0 Å². The Bertz CT molecular complexity index is 784. The summed E-state index contributed by atoms with van der Waals surface area (Å²) in [5.41, 5.74) is 4.82. The molecule has 3 heteroatoms. The van der Waals surface area contributed by atoms with Crippen LogP contribution < -0.4 is 4.90 Å². The molecule has 27 heavy (non-hydrogen) atoms. The van der Waals surface area contributed by atoms with Crippen LogP contribution in [-0.4, -0.2) is 25.2 Å². The van der Waals surface area contributed by atoms with Crippen molar-refractivity contribution < 1.29 is 14.4 Å². The van der Waals surface area contributed by atoms with Crippen LogP contribution in [0.2, 0.25) is 0 Å². The Kier molecular flexibility index (Phi) is 4.19. The van der Waals surface area contributed by atoms with Crippen molar-refractivity contribution in [3.8, 4) is 0 Å². The van der Waals surface area contributed by atoms with Crippen molar-refractivity contribution in [2.75, 3.05) is 13.1 Å². The third kappa shape index (κ3) is 2.95. The van der Waals surface area contributed by atoms with Gasteiger partial charge in [0, 0.05) is 17.9 Å². The molecule has 1 N–H and O–H groups in total. The monoisotopic (exact) mass is 366 g/mol. The van der Waals surface area contributed by atoms with Crippen LogP contribution in [0.3, 0.4) is 0 Å². The number of hydrogen-bond donors (Lipinski definition) is 1. The molecule has 1 unspecified atom stereocenters. The zero-order chi connectivity index (χ0) is 18.6. The largest absolute Gasteiger partial charge is 0.461 e. The van der Waals surface area contributed by atoms with E-state index in [4.69, 9.17) is 4.74 Å². The van der Waals surface area contributed by atoms with Crippen molar-refractivity contribution >= 4 is 5.97 Å². The molecule has 1 saturated heterocycles. The van der Waals surface area contributed by atoms with Crippen LogP contribution in [0.1, 0.15) is 50.7 Å². The van der Waals surface area contributed by atoms with Crippen LogP contribution in [0, 0.1) is 23.2 Å². The Labute approximate surface area is 162 Å². The zero-order valence-corrected chi connectivity index (χ0v) is 16.7. The van der Waals surface area contributed by atoms with E-state index in [1.165, 1.54) is 30.4 Å². The van der Waals surface area contributed by atoms with Crippen molar-refractivity contribution in [2.45, 2.75) is 58.6 Å². The van der Waals surface area contributed by atoms with Gasteiger partial charge in [0.2, 0.25) is 0 Å². The summed E-state index contributed by atoms with van der Waals surface area (Å²) >= 11 is 0. The summed E-state index contributed by atoms with van der Waals surface area (Å²) in [7, 11) is 0. The predicted molar refractivity (Wildman–Crippen MR) is 105 cm³/mol. The number of fused-ring (bicyclic) bond motifs is 3. The van der Waals surface area contributed by atoms with Crippen LogP contribution >= 0.6 is 0 Å². The molecule has 2 aliphatic heterocycles. The highest BCUT2D eigenvalue weighted by atomic mass is 16.6. The van der Waals surface area contributed by atoms with E-state index in [0.717, 1.165) is 32.5 Å². The van der Waals surface area contributed by atoms with Crippen LogP contribution in [0.15, 0.2) is 35.9 Å². The van der Waals surface area contributed by atoms with Gasteiger partial charge in [-0.3, -0.25) is 4.79 Å². The van der Waals surface area contributed by atoms with E-state index in [1.54, 1.807) is 10.5 Å². The Morgan fingerprint density at radius 3 is 2.93 bits per heavy atom. The third-order valence-corrected chi connectivity index (χ3v) is 7.90. The van der Waals surface area contributed by atoms with Crippen molar-refractivity contribution in [2.24, 2.45) is 23.2 Å². The first-order chi connectivity index (χ1) is 13.0. The first kappa shape index (κ1) is 17.5. The molecule has 2 heterocycles. The molecular weight excluding hydrogens is 334 g/mol. The quantitative estimate of drug-likeness (QED) is 0.644. The number of carbonyl (C=O) groups is 1. The topological polar surface area (TPSA) is 30.7 Å². The van der Waals surface area contributed by atoms with E-state index in [1.807, 2.05) is 0 Å². The minimum Gasteiger partial charge on any atom is -0.461 e.